The maximum Gasteiger partial charge on any atom is 0.180 e. The molecule has 4 aromatic carbocycles. The zero-order chi connectivity index (χ0) is 31.8. The molecule has 0 saturated heterocycles. The van der Waals surface area contributed by atoms with Gasteiger partial charge in [-0.15, -0.1) is 34.0 Å². The Balaban J connectivity index is 1.25. The molecule has 228 valence electrons. The summed E-state index contributed by atoms with van der Waals surface area (Å²) in [4.78, 5) is 13.5. The average Bonchev–Trinajstić information content (AvgIpc) is 3.92. The number of hydrogen-bond acceptors (Lipinski definition) is 7. The molecule has 0 unspecified atom stereocenters. The van der Waals surface area contributed by atoms with Crippen LogP contribution in [0.2, 0.25) is 0 Å². The molecule has 8 rings (SSSR count). The van der Waals surface area contributed by atoms with Gasteiger partial charge in [-0.1, -0.05) is 121 Å². The Kier molecular flexibility index (Phi) is 7.97. The Bertz CT molecular complexity index is 2170. The molecule has 4 nitrogen and oxygen atoms in total. The maximum atomic E-state index is 15.0. The zero-order valence-electron chi connectivity index (χ0n) is 24.8. The van der Waals surface area contributed by atoms with Gasteiger partial charge in [-0.2, -0.15) is 0 Å². The molecule has 0 saturated carbocycles. The van der Waals surface area contributed by atoms with E-state index in [1.807, 2.05) is 133 Å². The highest BCUT2D eigenvalue weighted by Gasteiger charge is 2.33. The van der Waals surface area contributed by atoms with Crippen LogP contribution < -0.4 is 30.5 Å². The third-order valence-corrected chi connectivity index (χ3v) is 19.1. The molecular weight excluding hydrogens is 675 g/mol. The van der Waals surface area contributed by atoms with Gasteiger partial charge in [0.2, 0.25) is 0 Å². The van der Waals surface area contributed by atoms with Crippen LogP contribution in [0.15, 0.2) is 158 Å². The van der Waals surface area contributed by atoms with Crippen LogP contribution in [0.3, 0.4) is 0 Å². The quantitative estimate of drug-likeness (QED) is 0.149. The fourth-order valence-corrected chi connectivity index (χ4v) is 16.1. The molecule has 0 radical (unpaired) electrons. The molecule has 9 heteroatoms. The number of fused-ring (bicyclic) bond motifs is 1. The lowest BCUT2D eigenvalue weighted by atomic mass is 10.3. The number of hydrogen-bond donors (Lipinski definition) is 0. The van der Waals surface area contributed by atoms with Crippen LogP contribution in [0.25, 0.3) is 30.5 Å². The Labute approximate surface area is 284 Å². The van der Waals surface area contributed by atoms with Gasteiger partial charge in [0, 0.05) is 43.4 Å². The van der Waals surface area contributed by atoms with E-state index in [1.165, 1.54) is 0 Å². The van der Waals surface area contributed by atoms with E-state index in [-0.39, 0.29) is 0 Å². The molecule has 4 heterocycles. The minimum absolute atomic E-state index is 0.805. The molecule has 8 aromatic rings. The highest BCUT2D eigenvalue weighted by Crippen LogP contribution is 2.51. The van der Waals surface area contributed by atoms with Crippen molar-refractivity contribution in [2.75, 3.05) is 0 Å². The first-order valence-corrected chi connectivity index (χ1v) is 20.8. The van der Waals surface area contributed by atoms with E-state index in [2.05, 4.69) is 12.1 Å². The molecule has 0 aliphatic rings. The van der Waals surface area contributed by atoms with Gasteiger partial charge in [0.05, 0.1) is 19.0 Å². The summed E-state index contributed by atoms with van der Waals surface area (Å²) >= 11 is 4.72. The lowest BCUT2D eigenvalue weighted by molar-refractivity contribution is 0.592. The van der Waals surface area contributed by atoms with Crippen LogP contribution in [0.5, 0.6) is 0 Å². The number of benzene rings is 4. The van der Waals surface area contributed by atoms with E-state index in [1.54, 1.807) is 46.4 Å². The van der Waals surface area contributed by atoms with Gasteiger partial charge < -0.3 is 9.13 Å². The molecule has 0 bridgehead atoms. The summed E-state index contributed by atoms with van der Waals surface area (Å²) in [6.07, 6.45) is 3.43. The molecule has 0 fully saturated rings. The monoisotopic (exact) mass is 700 g/mol. The second-order valence-electron chi connectivity index (χ2n) is 10.9. The molecule has 0 N–H and O–H groups in total. The minimum atomic E-state index is -3.10. The second kappa shape index (κ2) is 12.4. The number of thiophene rings is 3. The largest absolute Gasteiger partial charge is 0.308 e. The van der Waals surface area contributed by atoms with Crippen LogP contribution in [0.1, 0.15) is 0 Å². The fraction of sp³-hybridized carbons (Fsp3) is 0. The fourth-order valence-electron chi connectivity index (χ4n) is 5.80. The van der Waals surface area contributed by atoms with E-state index >= 15 is 9.13 Å². The van der Waals surface area contributed by atoms with Crippen LogP contribution >= 0.6 is 48.3 Å². The van der Waals surface area contributed by atoms with Crippen molar-refractivity contribution < 1.29 is 9.13 Å². The molecule has 4 aromatic heterocycles. The number of nitrogens with zero attached hydrogens (tertiary/aromatic N) is 2. The first-order chi connectivity index (χ1) is 23.1. The van der Waals surface area contributed by atoms with Gasteiger partial charge >= 0.3 is 0 Å². The number of aromatic nitrogens is 2. The zero-order valence-corrected chi connectivity index (χ0v) is 29.1. The third kappa shape index (κ3) is 5.20. The van der Waals surface area contributed by atoms with Crippen molar-refractivity contribution >= 4 is 89.8 Å². The van der Waals surface area contributed by atoms with Crippen LogP contribution in [0.4, 0.5) is 0 Å². The van der Waals surface area contributed by atoms with Crippen molar-refractivity contribution in [3.8, 4) is 19.5 Å². The van der Waals surface area contributed by atoms with Crippen LogP contribution in [0, 0.1) is 0 Å². The Morgan fingerprint density at radius 1 is 0.383 bits per heavy atom. The summed E-state index contributed by atoms with van der Waals surface area (Å²) in [7, 11) is -6.21. The van der Waals surface area contributed by atoms with Crippen molar-refractivity contribution in [1.82, 2.24) is 9.97 Å². The predicted octanol–water partition coefficient (Wildman–Crippen LogP) is 8.43. The van der Waals surface area contributed by atoms with Crippen molar-refractivity contribution in [2.24, 2.45) is 0 Å². The van der Waals surface area contributed by atoms with Gasteiger partial charge in [-0.25, -0.2) is 0 Å². The molecular formula is C38H26N2O2P2S3. The SMILES string of the molecule is O=P(c1ccccc1)(c1ccccc1)c1ccc(-c2sc(-c3ccc(P(=O)(c4ccccc4)c4ccccc4)s3)c3nccnc23)s1. The maximum absolute atomic E-state index is 15.0. The van der Waals surface area contributed by atoms with E-state index in [4.69, 9.17) is 9.97 Å². The summed E-state index contributed by atoms with van der Waals surface area (Å²) in [6, 6.07) is 47.1. The highest BCUT2D eigenvalue weighted by molar-refractivity contribution is 7.89. The summed E-state index contributed by atoms with van der Waals surface area (Å²) in [5, 5.41) is 3.24. The predicted molar refractivity (Wildman–Crippen MR) is 203 cm³/mol. The van der Waals surface area contributed by atoms with E-state index < -0.39 is 14.3 Å². The van der Waals surface area contributed by atoms with Crippen molar-refractivity contribution in [2.45, 2.75) is 0 Å². The van der Waals surface area contributed by atoms with Gasteiger partial charge in [-0.3, -0.25) is 9.97 Å². The average molecular weight is 701 g/mol. The Morgan fingerprint density at radius 2 is 0.702 bits per heavy atom. The molecule has 0 aliphatic heterocycles. The van der Waals surface area contributed by atoms with Crippen LogP contribution in [-0.2, 0) is 9.13 Å². The van der Waals surface area contributed by atoms with E-state index in [0.717, 1.165) is 61.0 Å². The van der Waals surface area contributed by atoms with E-state index in [0.29, 0.717) is 0 Å². The second-order valence-corrected chi connectivity index (χ2v) is 20.1. The third-order valence-electron chi connectivity index (χ3n) is 8.06. The topological polar surface area (TPSA) is 59.9 Å². The summed E-state index contributed by atoms with van der Waals surface area (Å²) in [6.45, 7) is 0. The minimum Gasteiger partial charge on any atom is -0.308 e. The summed E-state index contributed by atoms with van der Waals surface area (Å²) < 4.78 is 31.7. The normalized spacial score (nSPS) is 12.0. The Morgan fingerprint density at radius 3 is 1.02 bits per heavy atom. The first-order valence-electron chi connectivity index (χ1n) is 14.9. The van der Waals surface area contributed by atoms with Gasteiger partial charge in [0.1, 0.15) is 11.0 Å². The highest BCUT2D eigenvalue weighted by atomic mass is 32.1. The summed E-state index contributed by atoms with van der Waals surface area (Å²) in [5.41, 5.74) is 1.61. The molecule has 0 aliphatic carbocycles. The lowest BCUT2D eigenvalue weighted by Gasteiger charge is -2.17. The standard InChI is InChI=1S/C38H26N2O2P2S3/c41-43(27-13-5-1-6-14-27,28-15-7-2-8-16-28)33-23-21-31(45-33)37-35-36(40-26-25-39-35)38(47-37)32-22-24-34(46-32)44(42,29-17-9-3-10-18-29)30-19-11-4-12-20-30/h1-26H. The molecule has 0 amide bonds. The van der Waals surface area contributed by atoms with Gasteiger partial charge in [-0.05, 0) is 24.3 Å². The smallest absolute Gasteiger partial charge is 0.180 e. The van der Waals surface area contributed by atoms with E-state index in [9.17, 15) is 0 Å². The van der Waals surface area contributed by atoms with Gasteiger partial charge in [0.15, 0.2) is 14.3 Å². The van der Waals surface area contributed by atoms with Gasteiger partial charge in [0.25, 0.3) is 0 Å². The molecule has 47 heavy (non-hydrogen) atoms. The van der Waals surface area contributed by atoms with Crippen LogP contribution in [-0.4, -0.2) is 9.97 Å². The first kappa shape index (κ1) is 30.1. The van der Waals surface area contributed by atoms with Crippen molar-refractivity contribution in [3.63, 3.8) is 0 Å². The molecule has 0 atom stereocenters. The Hall–Kier alpha value is -4.22. The number of rotatable bonds is 8. The van der Waals surface area contributed by atoms with Crippen molar-refractivity contribution in [1.29, 1.82) is 0 Å². The lowest BCUT2D eigenvalue weighted by Crippen LogP contribution is -2.22. The van der Waals surface area contributed by atoms with Crippen molar-refractivity contribution in [3.05, 3.63) is 158 Å². The molecule has 0 spiro atoms. The summed E-state index contributed by atoms with van der Waals surface area (Å²) in [5.74, 6) is 0.